The molecule has 4 nitrogen and oxygen atoms in total. The van der Waals surface area contributed by atoms with Crippen molar-refractivity contribution >= 4 is 17.5 Å². The van der Waals surface area contributed by atoms with Crippen LogP contribution in [0.5, 0.6) is 0 Å². The van der Waals surface area contributed by atoms with Crippen LogP contribution in [-0.2, 0) is 16.1 Å². The minimum atomic E-state index is -0.808. The molecule has 3 rings (SSSR count). The summed E-state index contributed by atoms with van der Waals surface area (Å²) < 4.78 is 27.0. The van der Waals surface area contributed by atoms with Crippen LogP contribution >= 0.6 is 0 Å². The molecule has 1 aliphatic rings. The number of carbonyl (C=O) groups is 2. The first-order valence-corrected chi connectivity index (χ1v) is 8.06. The quantitative estimate of drug-likeness (QED) is 0.867. The average molecular weight is 344 g/mol. The van der Waals surface area contributed by atoms with Gasteiger partial charge in [-0.15, -0.1) is 0 Å². The predicted molar refractivity (Wildman–Crippen MR) is 89.8 cm³/mol. The Bertz CT molecular complexity index is 823. The number of carbonyl (C=O) groups excluding carboxylic acids is 2. The molecule has 25 heavy (non-hydrogen) atoms. The van der Waals surface area contributed by atoms with Gasteiger partial charge in [0, 0.05) is 24.3 Å². The Labute approximate surface area is 144 Å². The van der Waals surface area contributed by atoms with Crippen molar-refractivity contribution in [1.29, 1.82) is 0 Å². The molecule has 0 spiro atoms. The minimum Gasteiger partial charge on any atom is -0.351 e. The normalized spacial score (nSPS) is 17.0. The smallest absolute Gasteiger partial charge is 0.239 e. The van der Waals surface area contributed by atoms with E-state index >= 15 is 0 Å². The number of hydrogen-bond acceptors (Lipinski definition) is 2. The number of hydrogen-bond donors (Lipinski definition) is 1. The van der Waals surface area contributed by atoms with Crippen molar-refractivity contribution in [1.82, 2.24) is 5.32 Å². The minimum absolute atomic E-state index is 0.0327. The SMILES string of the molecule is Cc1cc(N2CCC(C(=O)NCc3ccccc3F)C2=O)ccc1F. The van der Waals surface area contributed by atoms with Crippen LogP contribution < -0.4 is 10.2 Å². The van der Waals surface area contributed by atoms with Crippen molar-refractivity contribution in [2.24, 2.45) is 5.92 Å². The molecule has 0 radical (unpaired) electrons. The summed E-state index contributed by atoms with van der Waals surface area (Å²) >= 11 is 0. The van der Waals surface area contributed by atoms with Crippen LogP contribution in [0.1, 0.15) is 17.5 Å². The van der Waals surface area contributed by atoms with Crippen molar-refractivity contribution in [3.8, 4) is 0 Å². The molecule has 0 aromatic heterocycles. The van der Waals surface area contributed by atoms with Crippen molar-refractivity contribution in [2.45, 2.75) is 19.9 Å². The van der Waals surface area contributed by atoms with E-state index in [4.69, 9.17) is 0 Å². The summed E-state index contributed by atoms with van der Waals surface area (Å²) in [5.41, 5.74) is 1.39. The Kier molecular flexibility index (Phi) is 4.79. The average Bonchev–Trinajstić information content (AvgIpc) is 2.98. The van der Waals surface area contributed by atoms with E-state index in [1.54, 1.807) is 31.2 Å². The largest absolute Gasteiger partial charge is 0.351 e. The first-order valence-electron chi connectivity index (χ1n) is 8.06. The highest BCUT2D eigenvalue weighted by Crippen LogP contribution is 2.27. The molecule has 6 heteroatoms. The van der Waals surface area contributed by atoms with Crippen LogP contribution in [0.3, 0.4) is 0 Å². The Morgan fingerprint density at radius 3 is 2.68 bits per heavy atom. The van der Waals surface area contributed by atoms with Crippen molar-refractivity contribution in [2.75, 3.05) is 11.4 Å². The zero-order chi connectivity index (χ0) is 18.0. The molecule has 1 fully saturated rings. The first kappa shape index (κ1) is 17.1. The number of nitrogens with one attached hydrogen (secondary N) is 1. The molecule has 1 atom stereocenters. The highest BCUT2D eigenvalue weighted by atomic mass is 19.1. The molecule has 2 aromatic carbocycles. The first-order chi connectivity index (χ1) is 12.0. The van der Waals surface area contributed by atoms with Crippen LogP contribution in [0.2, 0.25) is 0 Å². The molecule has 1 saturated heterocycles. The molecular formula is C19H18F2N2O2. The van der Waals surface area contributed by atoms with Crippen molar-refractivity contribution in [3.63, 3.8) is 0 Å². The van der Waals surface area contributed by atoms with Gasteiger partial charge in [0.1, 0.15) is 17.6 Å². The number of aryl methyl sites for hydroxylation is 1. The number of halogens is 2. The number of nitrogens with zero attached hydrogens (tertiary/aromatic N) is 1. The van der Waals surface area contributed by atoms with E-state index in [0.29, 0.717) is 29.8 Å². The topological polar surface area (TPSA) is 49.4 Å². The van der Waals surface area contributed by atoms with E-state index in [-0.39, 0.29) is 18.3 Å². The number of anilines is 1. The summed E-state index contributed by atoms with van der Waals surface area (Å²) in [5.74, 6) is -2.29. The lowest BCUT2D eigenvalue weighted by atomic mass is 10.1. The molecule has 1 heterocycles. The summed E-state index contributed by atoms with van der Waals surface area (Å²) in [6, 6.07) is 10.6. The third-order valence-electron chi connectivity index (χ3n) is 4.39. The number of benzene rings is 2. The van der Waals surface area contributed by atoms with E-state index in [0.717, 1.165) is 0 Å². The molecular weight excluding hydrogens is 326 g/mol. The van der Waals surface area contributed by atoms with Gasteiger partial charge in [0.2, 0.25) is 11.8 Å². The highest BCUT2D eigenvalue weighted by Gasteiger charge is 2.37. The van der Waals surface area contributed by atoms with Gasteiger partial charge >= 0.3 is 0 Å². The van der Waals surface area contributed by atoms with Gasteiger partial charge in [-0.25, -0.2) is 8.78 Å². The molecule has 1 aliphatic heterocycles. The second-order valence-corrected chi connectivity index (χ2v) is 6.07. The van der Waals surface area contributed by atoms with E-state index in [1.807, 2.05) is 0 Å². The third kappa shape index (κ3) is 3.52. The fraction of sp³-hybridized carbons (Fsp3) is 0.263. The molecule has 0 bridgehead atoms. The lowest BCUT2D eigenvalue weighted by Crippen LogP contribution is -2.36. The van der Waals surface area contributed by atoms with E-state index in [9.17, 15) is 18.4 Å². The van der Waals surface area contributed by atoms with Gasteiger partial charge in [-0.2, -0.15) is 0 Å². The van der Waals surface area contributed by atoms with Crippen LogP contribution in [0.15, 0.2) is 42.5 Å². The number of rotatable bonds is 4. The van der Waals surface area contributed by atoms with Gasteiger partial charge in [0.15, 0.2) is 0 Å². The summed E-state index contributed by atoms with van der Waals surface area (Å²) in [4.78, 5) is 26.3. The second kappa shape index (κ2) is 7.01. The predicted octanol–water partition coefficient (Wildman–Crippen LogP) is 2.94. The summed E-state index contributed by atoms with van der Waals surface area (Å²) in [5, 5.41) is 2.62. The van der Waals surface area contributed by atoms with Crippen LogP contribution in [0.4, 0.5) is 14.5 Å². The monoisotopic (exact) mass is 344 g/mol. The summed E-state index contributed by atoms with van der Waals surface area (Å²) in [7, 11) is 0. The maximum absolute atomic E-state index is 13.6. The lowest BCUT2D eigenvalue weighted by molar-refractivity contribution is -0.132. The van der Waals surface area contributed by atoms with Gasteiger partial charge in [0.25, 0.3) is 0 Å². The molecule has 2 amide bonds. The van der Waals surface area contributed by atoms with Gasteiger partial charge < -0.3 is 10.2 Å². The Morgan fingerprint density at radius 1 is 1.20 bits per heavy atom. The van der Waals surface area contributed by atoms with Gasteiger partial charge in [-0.1, -0.05) is 18.2 Å². The molecule has 2 aromatic rings. The molecule has 0 saturated carbocycles. The van der Waals surface area contributed by atoms with Crippen LogP contribution in [0.25, 0.3) is 0 Å². The van der Waals surface area contributed by atoms with E-state index < -0.39 is 17.6 Å². The number of amides is 2. The fourth-order valence-electron chi connectivity index (χ4n) is 2.92. The Balaban J connectivity index is 1.66. The van der Waals surface area contributed by atoms with Crippen molar-refractivity contribution in [3.05, 3.63) is 65.2 Å². The summed E-state index contributed by atoms with van der Waals surface area (Å²) in [6.45, 7) is 2.05. The van der Waals surface area contributed by atoms with Crippen molar-refractivity contribution < 1.29 is 18.4 Å². The molecule has 130 valence electrons. The maximum Gasteiger partial charge on any atom is 0.239 e. The fourth-order valence-corrected chi connectivity index (χ4v) is 2.92. The maximum atomic E-state index is 13.6. The highest BCUT2D eigenvalue weighted by molar-refractivity contribution is 6.09. The van der Waals surface area contributed by atoms with E-state index in [2.05, 4.69) is 5.32 Å². The zero-order valence-corrected chi connectivity index (χ0v) is 13.8. The van der Waals surface area contributed by atoms with Crippen LogP contribution in [-0.4, -0.2) is 18.4 Å². The molecule has 0 aliphatic carbocycles. The van der Waals surface area contributed by atoms with Crippen LogP contribution in [0, 0.1) is 24.5 Å². The lowest BCUT2D eigenvalue weighted by Gasteiger charge is -2.17. The zero-order valence-electron chi connectivity index (χ0n) is 13.8. The summed E-state index contributed by atoms with van der Waals surface area (Å²) in [6.07, 6.45) is 0.373. The Morgan fingerprint density at radius 2 is 1.96 bits per heavy atom. The standard InChI is InChI=1S/C19H18F2N2O2/c1-12-10-14(6-7-16(12)20)23-9-8-15(19(23)25)18(24)22-11-13-4-2-3-5-17(13)21/h2-7,10,15H,8-9,11H2,1H3,(H,22,24). The molecule has 1 N–H and O–H groups in total. The van der Waals surface area contributed by atoms with Gasteiger partial charge in [-0.3, -0.25) is 9.59 Å². The van der Waals surface area contributed by atoms with Gasteiger partial charge in [-0.05, 0) is 43.2 Å². The van der Waals surface area contributed by atoms with Gasteiger partial charge in [0.05, 0.1) is 0 Å². The van der Waals surface area contributed by atoms with E-state index in [1.165, 1.54) is 23.1 Å². The third-order valence-corrected chi connectivity index (χ3v) is 4.39. The molecule has 1 unspecified atom stereocenters. The Hall–Kier alpha value is -2.76. The second-order valence-electron chi connectivity index (χ2n) is 6.07.